The van der Waals surface area contributed by atoms with Crippen LogP contribution in [0.15, 0.2) is 24.3 Å². The third kappa shape index (κ3) is 4.94. The zero-order valence-corrected chi connectivity index (χ0v) is 19.1. The number of nitrogens with two attached hydrogens (primary N) is 1. The predicted molar refractivity (Wildman–Crippen MR) is 121 cm³/mol. The number of aliphatic carboxylic acids is 1. The van der Waals surface area contributed by atoms with Gasteiger partial charge in [0.15, 0.2) is 0 Å². The second kappa shape index (κ2) is 8.77. The molecule has 1 aromatic carbocycles. The van der Waals surface area contributed by atoms with E-state index in [1.54, 1.807) is 6.92 Å². The number of aryl methyl sites for hydroxylation is 2. The first-order valence-corrected chi connectivity index (χ1v) is 11.0. The summed E-state index contributed by atoms with van der Waals surface area (Å²) >= 11 is 0. The summed E-state index contributed by atoms with van der Waals surface area (Å²) < 4.78 is 0. The standard InChI is InChI=1S/C25H33N3O3/c1-14-21(28-22(23(26)29)15(2)27-14)19-12-8-17(9-13-19)16-6-10-18(11-7-16)20(24(30)31)25(3,4)5/h8-9,12-13,16,18,20H,6-7,10-11H2,1-5H3,(H2,26,29)(H,30,31). The van der Waals surface area contributed by atoms with Gasteiger partial charge in [0.05, 0.1) is 23.0 Å². The fraction of sp³-hybridized carbons (Fsp3) is 0.520. The highest BCUT2D eigenvalue weighted by molar-refractivity contribution is 5.92. The van der Waals surface area contributed by atoms with E-state index in [9.17, 15) is 14.7 Å². The van der Waals surface area contributed by atoms with E-state index in [-0.39, 0.29) is 22.9 Å². The highest BCUT2D eigenvalue weighted by Crippen LogP contribution is 2.44. The van der Waals surface area contributed by atoms with Crippen LogP contribution in [0.1, 0.15) is 79.8 Å². The van der Waals surface area contributed by atoms with Crippen molar-refractivity contribution in [2.45, 2.75) is 66.2 Å². The van der Waals surface area contributed by atoms with E-state index in [1.807, 2.05) is 39.8 Å². The van der Waals surface area contributed by atoms with E-state index in [0.29, 0.717) is 17.3 Å². The van der Waals surface area contributed by atoms with E-state index in [0.717, 1.165) is 36.9 Å². The molecule has 3 rings (SSSR count). The molecule has 0 bridgehead atoms. The molecule has 0 radical (unpaired) electrons. The maximum atomic E-state index is 11.8. The van der Waals surface area contributed by atoms with Gasteiger partial charge < -0.3 is 10.8 Å². The zero-order valence-electron chi connectivity index (χ0n) is 19.1. The van der Waals surface area contributed by atoms with E-state index in [4.69, 9.17) is 5.73 Å². The molecule has 1 saturated carbocycles. The number of benzene rings is 1. The molecule has 1 heterocycles. The Morgan fingerprint density at radius 1 is 1.00 bits per heavy atom. The predicted octanol–water partition coefficient (Wildman–Crippen LogP) is 4.88. The molecule has 0 aliphatic heterocycles. The molecule has 1 atom stereocenters. The Labute approximate surface area is 184 Å². The van der Waals surface area contributed by atoms with Crippen molar-refractivity contribution < 1.29 is 14.7 Å². The van der Waals surface area contributed by atoms with Gasteiger partial charge >= 0.3 is 5.97 Å². The van der Waals surface area contributed by atoms with Gasteiger partial charge in [0, 0.05) is 5.56 Å². The number of rotatable bonds is 5. The molecular formula is C25H33N3O3. The van der Waals surface area contributed by atoms with Crippen LogP contribution < -0.4 is 5.73 Å². The van der Waals surface area contributed by atoms with Crippen molar-refractivity contribution >= 4 is 11.9 Å². The maximum Gasteiger partial charge on any atom is 0.307 e. The number of primary amides is 1. The second-order valence-corrected chi connectivity index (χ2v) is 9.87. The van der Waals surface area contributed by atoms with Gasteiger partial charge in [-0.25, -0.2) is 4.98 Å². The highest BCUT2D eigenvalue weighted by Gasteiger charge is 2.39. The number of aromatic nitrogens is 2. The average molecular weight is 424 g/mol. The van der Waals surface area contributed by atoms with E-state index in [1.165, 1.54) is 5.56 Å². The van der Waals surface area contributed by atoms with E-state index in [2.05, 4.69) is 22.1 Å². The van der Waals surface area contributed by atoms with Gasteiger partial charge in [-0.3, -0.25) is 14.6 Å². The number of carbonyl (C=O) groups is 2. The molecule has 1 amide bonds. The molecule has 1 aliphatic carbocycles. The maximum absolute atomic E-state index is 11.8. The van der Waals surface area contributed by atoms with Crippen LogP contribution in [0.3, 0.4) is 0 Å². The Kier molecular flexibility index (Phi) is 6.48. The Morgan fingerprint density at radius 3 is 2.06 bits per heavy atom. The quantitative estimate of drug-likeness (QED) is 0.713. The van der Waals surface area contributed by atoms with Gasteiger partial charge in [-0.2, -0.15) is 0 Å². The molecule has 2 aromatic rings. The Morgan fingerprint density at radius 2 is 1.58 bits per heavy atom. The van der Waals surface area contributed by atoms with Gasteiger partial charge in [0.25, 0.3) is 5.91 Å². The lowest BCUT2D eigenvalue weighted by atomic mass is 9.66. The fourth-order valence-electron chi connectivity index (χ4n) is 5.12. The number of hydrogen-bond acceptors (Lipinski definition) is 4. The van der Waals surface area contributed by atoms with Gasteiger partial charge in [-0.05, 0) is 62.3 Å². The molecule has 166 valence electrons. The number of hydrogen-bond donors (Lipinski definition) is 2. The summed E-state index contributed by atoms with van der Waals surface area (Å²) in [4.78, 5) is 32.4. The van der Waals surface area contributed by atoms with Gasteiger partial charge in [-0.1, -0.05) is 45.0 Å². The van der Waals surface area contributed by atoms with Crippen LogP contribution in [-0.4, -0.2) is 27.0 Å². The van der Waals surface area contributed by atoms with Crippen molar-refractivity contribution in [1.29, 1.82) is 0 Å². The SMILES string of the molecule is Cc1nc(C)c(-c2ccc(C3CCC(C(C(=O)O)C(C)(C)C)CC3)cc2)nc1C(N)=O. The van der Waals surface area contributed by atoms with Crippen LogP contribution >= 0.6 is 0 Å². The first kappa shape index (κ1) is 22.9. The lowest BCUT2D eigenvalue weighted by Gasteiger charge is -2.38. The van der Waals surface area contributed by atoms with Crippen LogP contribution in [0, 0.1) is 31.1 Å². The highest BCUT2D eigenvalue weighted by atomic mass is 16.4. The lowest BCUT2D eigenvalue weighted by molar-refractivity contribution is -0.149. The van der Waals surface area contributed by atoms with Gasteiger partial charge in [0.2, 0.25) is 0 Å². The van der Waals surface area contributed by atoms with Crippen molar-refractivity contribution in [1.82, 2.24) is 9.97 Å². The van der Waals surface area contributed by atoms with E-state index < -0.39 is 11.9 Å². The largest absolute Gasteiger partial charge is 0.481 e. The first-order chi connectivity index (χ1) is 14.5. The summed E-state index contributed by atoms with van der Waals surface area (Å²) in [6, 6.07) is 8.27. The summed E-state index contributed by atoms with van der Waals surface area (Å²) in [5, 5.41) is 9.74. The number of carbonyl (C=O) groups excluding carboxylic acids is 1. The monoisotopic (exact) mass is 423 g/mol. The normalized spacial score (nSPS) is 20.3. The molecule has 31 heavy (non-hydrogen) atoms. The smallest absolute Gasteiger partial charge is 0.307 e. The van der Waals surface area contributed by atoms with Crippen LogP contribution in [-0.2, 0) is 4.79 Å². The summed E-state index contributed by atoms with van der Waals surface area (Å²) in [6.07, 6.45) is 3.87. The van der Waals surface area contributed by atoms with Crippen LogP contribution in [0.2, 0.25) is 0 Å². The molecule has 6 nitrogen and oxygen atoms in total. The molecule has 1 aliphatic rings. The van der Waals surface area contributed by atoms with Crippen molar-refractivity contribution in [3.8, 4) is 11.3 Å². The van der Waals surface area contributed by atoms with Crippen molar-refractivity contribution in [3.63, 3.8) is 0 Å². The summed E-state index contributed by atoms with van der Waals surface area (Å²) in [5.41, 5.74) is 9.54. The summed E-state index contributed by atoms with van der Waals surface area (Å²) in [6.45, 7) is 9.68. The van der Waals surface area contributed by atoms with Crippen LogP contribution in [0.4, 0.5) is 0 Å². The number of carboxylic acid groups (broad SMARTS) is 1. The topological polar surface area (TPSA) is 106 Å². The molecule has 0 spiro atoms. The molecule has 3 N–H and O–H groups in total. The molecular weight excluding hydrogens is 390 g/mol. The van der Waals surface area contributed by atoms with Crippen molar-refractivity contribution in [2.75, 3.05) is 0 Å². The van der Waals surface area contributed by atoms with Crippen LogP contribution in [0.5, 0.6) is 0 Å². The average Bonchev–Trinajstić information content (AvgIpc) is 2.67. The van der Waals surface area contributed by atoms with Crippen molar-refractivity contribution in [2.24, 2.45) is 23.0 Å². The number of amides is 1. The van der Waals surface area contributed by atoms with Crippen molar-refractivity contribution in [3.05, 3.63) is 46.9 Å². The third-order valence-corrected chi connectivity index (χ3v) is 6.58. The molecule has 0 saturated heterocycles. The lowest BCUT2D eigenvalue weighted by Crippen LogP contribution is -2.36. The minimum atomic E-state index is -0.676. The summed E-state index contributed by atoms with van der Waals surface area (Å²) in [5.74, 6) is -0.894. The van der Waals surface area contributed by atoms with Gasteiger partial charge in [0.1, 0.15) is 5.69 Å². The molecule has 1 aromatic heterocycles. The number of nitrogens with zero attached hydrogens (tertiary/aromatic N) is 2. The van der Waals surface area contributed by atoms with E-state index >= 15 is 0 Å². The minimum absolute atomic E-state index is 0.204. The third-order valence-electron chi connectivity index (χ3n) is 6.58. The fourth-order valence-corrected chi connectivity index (χ4v) is 5.12. The molecule has 1 fully saturated rings. The summed E-state index contributed by atoms with van der Waals surface area (Å²) in [7, 11) is 0. The Balaban J connectivity index is 1.75. The number of carboxylic acids is 1. The molecule has 1 unspecified atom stereocenters. The molecule has 6 heteroatoms. The van der Waals surface area contributed by atoms with Gasteiger partial charge in [-0.15, -0.1) is 0 Å². The second-order valence-electron chi connectivity index (χ2n) is 9.87. The first-order valence-electron chi connectivity index (χ1n) is 11.0. The van der Waals surface area contributed by atoms with Crippen LogP contribution in [0.25, 0.3) is 11.3 Å². The Hall–Kier alpha value is -2.76. The minimum Gasteiger partial charge on any atom is -0.481 e. The zero-order chi connectivity index (χ0) is 22.9. The Bertz CT molecular complexity index is 969.